The van der Waals surface area contributed by atoms with Crippen molar-refractivity contribution < 1.29 is 4.74 Å². The van der Waals surface area contributed by atoms with E-state index in [0.717, 1.165) is 25.1 Å². The Hall–Kier alpha value is -0.380. The van der Waals surface area contributed by atoms with E-state index in [1.54, 1.807) is 11.3 Å². The van der Waals surface area contributed by atoms with Crippen molar-refractivity contribution in [3.63, 3.8) is 0 Å². The molecule has 4 heteroatoms. The van der Waals surface area contributed by atoms with Gasteiger partial charge in [0.05, 0.1) is 20.5 Å². The zero-order chi connectivity index (χ0) is 10.1. The second kappa shape index (κ2) is 4.01. The van der Waals surface area contributed by atoms with Crippen molar-refractivity contribution in [2.24, 2.45) is 0 Å². The quantitative estimate of drug-likeness (QED) is 0.778. The zero-order valence-electron chi connectivity index (χ0n) is 7.58. The van der Waals surface area contributed by atoms with Crippen LogP contribution in [0, 0.1) is 0 Å². The Labute approximate surface area is 97.1 Å². The lowest BCUT2D eigenvalue weighted by Crippen LogP contribution is -1.90. The molecule has 0 N–H and O–H groups in total. The maximum absolute atomic E-state index is 6.09. The molecule has 0 saturated heterocycles. The molecule has 0 atom stereocenters. The summed E-state index contributed by atoms with van der Waals surface area (Å²) in [7, 11) is 0. The fourth-order valence-corrected chi connectivity index (χ4v) is 2.94. The molecule has 1 nitrogen and oxygen atoms in total. The van der Waals surface area contributed by atoms with Crippen LogP contribution in [-0.4, -0.2) is 6.61 Å². The molecule has 0 aliphatic carbocycles. The van der Waals surface area contributed by atoms with Crippen molar-refractivity contribution in [2.45, 2.75) is 11.1 Å². The van der Waals surface area contributed by atoms with Gasteiger partial charge >= 0.3 is 0 Å². The predicted molar refractivity (Wildman–Crippen MR) is 65.3 cm³/mol. The largest absolute Gasteiger partial charge is 0.492 e. The number of fused-ring (bicyclic) bond motifs is 1. The normalized spacial score (nSPS) is 10.8. The Morgan fingerprint density at radius 3 is 3.00 bits per heavy atom. The van der Waals surface area contributed by atoms with Crippen LogP contribution in [0.15, 0.2) is 22.4 Å². The Kier molecular flexibility index (Phi) is 2.91. The zero-order valence-corrected chi connectivity index (χ0v) is 10.0. The van der Waals surface area contributed by atoms with Gasteiger partial charge in [0, 0.05) is 5.39 Å². The van der Waals surface area contributed by atoms with Gasteiger partial charge in [-0.1, -0.05) is 23.7 Å². The molecular weight excluding hydrogens is 236 g/mol. The van der Waals surface area contributed by atoms with Crippen molar-refractivity contribution >= 4 is 45.7 Å². The van der Waals surface area contributed by atoms with Crippen LogP contribution in [0.25, 0.3) is 10.1 Å². The van der Waals surface area contributed by atoms with Gasteiger partial charge < -0.3 is 4.74 Å². The van der Waals surface area contributed by atoms with Crippen molar-refractivity contribution in [1.29, 1.82) is 0 Å². The number of rotatable bonds is 2. The molecule has 74 valence electrons. The molecule has 0 fully saturated rings. The monoisotopic (exact) mass is 244 g/mol. The maximum atomic E-state index is 6.09. The van der Waals surface area contributed by atoms with Crippen LogP contribution in [0.4, 0.5) is 0 Å². The fraction of sp³-hybridized carbons (Fsp3) is 0.200. The van der Waals surface area contributed by atoms with Crippen LogP contribution >= 0.6 is 35.6 Å². The summed E-state index contributed by atoms with van der Waals surface area (Å²) < 4.78 is 7.42. The first-order chi connectivity index (χ1) is 6.74. The van der Waals surface area contributed by atoms with Crippen molar-refractivity contribution in [3.05, 3.63) is 23.2 Å². The van der Waals surface area contributed by atoms with Gasteiger partial charge in [0.1, 0.15) is 5.75 Å². The Morgan fingerprint density at radius 1 is 1.50 bits per heavy atom. The highest BCUT2D eigenvalue weighted by atomic mass is 35.5. The van der Waals surface area contributed by atoms with Crippen molar-refractivity contribution in [1.82, 2.24) is 0 Å². The number of ether oxygens (including phenoxy) is 1. The number of benzene rings is 1. The van der Waals surface area contributed by atoms with Crippen LogP contribution in [-0.2, 0) is 0 Å². The molecule has 0 bridgehead atoms. The Morgan fingerprint density at radius 2 is 2.29 bits per heavy atom. The van der Waals surface area contributed by atoms with Crippen LogP contribution in [0.3, 0.4) is 0 Å². The number of hydrogen-bond donors (Lipinski definition) is 1. The summed E-state index contributed by atoms with van der Waals surface area (Å²) in [6.45, 7) is 2.63. The van der Waals surface area contributed by atoms with Crippen molar-refractivity contribution in [2.75, 3.05) is 6.61 Å². The van der Waals surface area contributed by atoms with Gasteiger partial charge in [0.2, 0.25) is 0 Å². The molecule has 1 aromatic heterocycles. The van der Waals surface area contributed by atoms with E-state index in [4.69, 9.17) is 16.3 Å². The van der Waals surface area contributed by atoms with E-state index in [0.29, 0.717) is 6.61 Å². The first kappa shape index (κ1) is 10.1. The van der Waals surface area contributed by atoms with E-state index >= 15 is 0 Å². The van der Waals surface area contributed by atoms with E-state index in [2.05, 4.69) is 12.6 Å². The molecule has 2 aromatic rings. The topological polar surface area (TPSA) is 9.23 Å². The molecule has 1 heterocycles. The number of hydrogen-bond acceptors (Lipinski definition) is 3. The molecule has 1 aromatic carbocycles. The van der Waals surface area contributed by atoms with E-state index in [1.807, 2.05) is 25.1 Å². The minimum atomic E-state index is 0.663. The highest BCUT2D eigenvalue weighted by molar-refractivity contribution is 7.83. The average Bonchev–Trinajstić information content (AvgIpc) is 2.46. The number of thiol groups is 1. The molecule has 2 rings (SSSR count). The molecule has 0 saturated carbocycles. The van der Waals surface area contributed by atoms with Crippen molar-refractivity contribution in [3.8, 4) is 5.75 Å². The highest BCUT2D eigenvalue weighted by Crippen LogP contribution is 2.41. The van der Waals surface area contributed by atoms with Gasteiger partial charge in [-0.15, -0.1) is 24.0 Å². The summed E-state index contributed by atoms with van der Waals surface area (Å²) in [4.78, 5) is 0. The highest BCUT2D eigenvalue weighted by Gasteiger charge is 2.10. The second-order valence-electron chi connectivity index (χ2n) is 2.79. The lowest BCUT2D eigenvalue weighted by Gasteiger charge is -2.02. The Bertz CT molecular complexity index is 464. The standard InChI is InChI=1S/C10H9ClOS2/c1-2-12-7-5-3-4-6-8(11)10(13)14-9(6)7/h3-5,13H,2H2,1H3. The third-order valence-corrected chi connectivity index (χ3v) is 4.06. The van der Waals surface area contributed by atoms with E-state index in [1.165, 1.54) is 0 Å². The van der Waals surface area contributed by atoms with Crippen LogP contribution < -0.4 is 4.74 Å². The maximum Gasteiger partial charge on any atom is 0.137 e. The van der Waals surface area contributed by atoms with Crippen LogP contribution in [0.1, 0.15) is 6.92 Å². The molecule has 0 radical (unpaired) electrons. The summed E-state index contributed by atoms with van der Waals surface area (Å²) >= 11 is 11.9. The molecule has 0 aliphatic rings. The minimum Gasteiger partial charge on any atom is -0.492 e. The van der Waals surface area contributed by atoms with E-state index in [-0.39, 0.29) is 0 Å². The van der Waals surface area contributed by atoms with Gasteiger partial charge in [-0.05, 0) is 13.0 Å². The molecule has 14 heavy (non-hydrogen) atoms. The summed E-state index contributed by atoms with van der Waals surface area (Å²) in [5.74, 6) is 0.886. The molecular formula is C10H9ClOS2. The van der Waals surface area contributed by atoms with Gasteiger partial charge in [-0.3, -0.25) is 0 Å². The molecule has 0 unspecified atom stereocenters. The van der Waals surface area contributed by atoms with E-state index < -0.39 is 0 Å². The summed E-state index contributed by atoms with van der Waals surface area (Å²) in [5, 5.41) is 1.74. The van der Waals surface area contributed by atoms with Gasteiger partial charge in [0.25, 0.3) is 0 Å². The third kappa shape index (κ3) is 1.60. The predicted octanol–water partition coefficient (Wildman–Crippen LogP) is 4.24. The van der Waals surface area contributed by atoms with Crippen LogP contribution in [0.2, 0.25) is 5.02 Å². The molecule has 0 spiro atoms. The van der Waals surface area contributed by atoms with E-state index in [9.17, 15) is 0 Å². The van der Waals surface area contributed by atoms with Gasteiger partial charge in [-0.25, -0.2) is 0 Å². The summed E-state index contributed by atoms with van der Waals surface area (Å²) in [6.07, 6.45) is 0. The SMILES string of the molecule is CCOc1cccc2c(Cl)c(S)sc12. The lowest BCUT2D eigenvalue weighted by atomic mass is 10.2. The minimum absolute atomic E-state index is 0.663. The smallest absolute Gasteiger partial charge is 0.137 e. The number of halogens is 1. The van der Waals surface area contributed by atoms with Gasteiger partial charge in [-0.2, -0.15) is 0 Å². The first-order valence-corrected chi connectivity index (χ1v) is 5.91. The van der Waals surface area contributed by atoms with Gasteiger partial charge in [0.15, 0.2) is 0 Å². The average molecular weight is 245 g/mol. The Balaban J connectivity index is 2.68. The lowest BCUT2D eigenvalue weighted by molar-refractivity contribution is 0.345. The fourth-order valence-electron chi connectivity index (χ4n) is 1.32. The second-order valence-corrected chi connectivity index (χ2v) is 4.94. The summed E-state index contributed by atoms with van der Waals surface area (Å²) in [6, 6.07) is 5.88. The van der Waals surface area contributed by atoms with Crippen LogP contribution in [0.5, 0.6) is 5.75 Å². The molecule has 0 aliphatic heterocycles. The summed E-state index contributed by atoms with van der Waals surface area (Å²) in [5.41, 5.74) is 0. The third-order valence-electron chi connectivity index (χ3n) is 1.90. The molecule has 0 amide bonds. The number of thiophene rings is 1. The first-order valence-electron chi connectivity index (χ1n) is 4.26.